The molecule has 2 rings (SSSR count). The van der Waals surface area contributed by atoms with E-state index in [0.29, 0.717) is 16.9 Å². The maximum atomic E-state index is 12.9. The van der Waals surface area contributed by atoms with Gasteiger partial charge in [0, 0.05) is 0 Å². The first-order chi connectivity index (χ1) is 8.60. The molecule has 1 N–H and O–H groups in total. The lowest BCUT2D eigenvalue weighted by Gasteiger charge is -2.10. The van der Waals surface area contributed by atoms with Gasteiger partial charge in [0.1, 0.15) is 11.9 Å². The molecule has 0 amide bonds. The number of nitrogens with zero attached hydrogens (tertiary/aromatic N) is 1. The first kappa shape index (κ1) is 12.4. The molecule has 90 valence electrons. The molecule has 0 bridgehead atoms. The Kier molecular flexibility index (Phi) is 3.50. The molecule has 2 aromatic rings. The molecule has 0 fully saturated rings. The zero-order valence-corrected chi connectivity index (χ0v) is 10.4. The second-order valence-corrected chi connectivity index (χ2v) is 4.32. The van der Waals surface area contributed by atoms with E-state index >= 15 is 0 Å². The normalized spacial score (nSPS) is 9.89. The molecule has 0 saturated heterocycles. The first-order valence-corrected chi connectivity index (χ1v) is 5.71. The van der Waals surface area contributed by atoms with E-state index in [4.69, 9.17) is 16.9 Å². The summed E-state index contributed by atoms with van der Waals surface area (Å²) >= 11 is 5.92. The Morgan fingerprint density at radius 1 is 1.17 bits per heavy atom. The van der Waals surface area contributed by atoms with Gasteiger partial charge in [0.25, 0.3) is 0 Å². The molecule has 0 aliphatic heterocycles. The summed E-state index contributed by atoms with van der Waals surface area (Å²) in [5, 5.41) is 12.4. The molecule has 0 spiro atoms. The van der Waals surface area contributed by atoms with Gasteiger partial charge in [-0.15, -0.1) is 0 Å². The van der Waals surface area contributed by atoms with Crippen LogP contribution in [0.4, 0.5) is 15.8 Å². The monoisotopic (exact) mass is 260 g/mol. The Morgan fingerprint density at radius 2 is 1.89 bits per heavy atom. The molecule has 0 aliphatic carbocycles. The maximum Gasteiger partial charge on any atom is 0.124 e. The topological polar surface area (TPSA) is 35.8 Å². The number of aryl methyl sites for hydroxylation is 1. The lowest BCUT2D eigenvalue weighted by molar-refractivity contribution is 0.628. The minimum Gasteiger partial charge on any atom is -0.353 e. The Morgan fingerprint density at radius 3 is 2.56 bits per heavy atom. The largest absolute Gasteiger partial charge is 0.353 e. The van der Waals surface area contributed by atoms with Crippen LogP contribution < -0.4 is 5.32 Å². The number of nitrogens with one attached hydrogen (secondary N) is 1. The van der Waals surface area contributed by atoms with Crippen LogP contribution in [0, 0.1) is 24.1 Å². The highest BCUT2D eigenvalue weighted by Crippen LogP contribution is 2.28. The molecular formula is C14H10ClFN2. The third kappa shape index (κ3) is 2.61. The van der Waals surface area contributed by atoms with Crippen LogP contribution in [0.2, 0.25) is 5.02 Å². The molecule has 4 heteroatoms. The van der Waals surface area contributed by atoms with Crippen molar-refractivity contribution < 1.29 is 4.39 Å². The van der Waals surface area contributed by atoms with Crippen LogP contribution in [0.15, 0.2) is 36.4 Å². The van der Waals surface area contributed by atoms with E-state index in [1.807, 2.05) is 13.0 Å². The SMILES string of the molecule is Cc1ccc(Nc2ccc(F)cc2Cl)c(C#N)c1. The summed E-state index contributed by atoms with van der Waals surface area (Å²) in [6, 6.07) is 11.7. The number of hydrogen-bond donors (Lipinski definition) is 1. The van der Waals surface area contributed by atoms with E-state index in [0.717, 1.165) is 5.56 Å². The van der Waals surface area contributed by atoms with Crippen LogP contribution in [0.1, 0.15) is 11.1 Å². The van der Waals surface area contributed by atoms with Crippen molar-refractivity contribution in [2.24, 2.45) is 0 Å². The van der Waals surface area contributed by atoms with Gasteiger partial charge in [-0.25, -0.2) is 4.39 Å². The van der Waals surface area contributed by atoms with Crippen molar-refractivity contribution in [2.75, 3.05) is 5.32 Å². The van der Waals surface area contributed by atoms with Crippen LogP contribution >= 0.6 is 11.6 Å². The van der Waals surface area contributed by atoms with Gasteiger partial charge in [-0.05, 0) is 42.8 Å². The van der Waals surface area contributed by atoms with Gasteiger partial charge in [-0.1, -0.05) is 17.7 Å². The fraction of sp³-hybridized carbons (Fsp3) is 0.0714. The minimum atomic E-state index is -0.394. The van der Waals surface area contributed by atoms with Crippen LogP contribution in [0.3, 0.4) is 0 Å². The molecule has 0 aliphatic rings. The average molecular weight is 261 g/mol. The fourth-order valence-corrected chi connectivity index (χ4v) is 1.81. The highest BCUT2D eigenvalue weighted by molar-refractivity contribution is 6.33. The van der Waals surface area contributed by atoms with E-state index in [1.165, 1.54) is 12.1 Å². The first-order valence-electron chi connectivity index (χ1n) is 5.33. The van der Waals surface area contributed by atoms with E-state index < -0.39 is 5.82 Å². The second-order valence-electron chi connectivity index (χ2n) is 3.91. The number of rotatable bonds is 2. The van der Waals surface area contributed by atoms with E-state index in [1.54, 1.807) is 18.2 Å². The van der Waals surface area contributed by atoms with E-state index in [2.05, 4.69) is 11.4 Å². The van der Waals surface area contributed by atoms with Gasteiger partial charge in [-0.3, -0.25) is 0 Å². The number of anilines is 2. The van der Waals surface area contributed by atoms with Gasteiger partial charge in [0.15, 0.2) is 0 Å². The van der Waals surface area contributed by atoms with Crippen molar-refractivity contribution in [1.29, 1.82) is 5.26 Å². The fourth-order valence-electron chi connectivity index (χ4n) is 1.60. The number of halogens is 2. The molecule has 0 aromatic heterocycles. The van der Waals surface area contributed by atoms with Crippen molar-refractivity contribution in [3.63, 3.8) is 0 Å². The van der Waals surface area contributed by atoms with Crippen molar-refractivity contribution in [2.45, 2.75) is 6.92 Å². The summed E-state index contributed by atoms with van der Waals surface area (Å²) in [5.74, 6) is -0.394. The predicted molar refractivity (Wildman–Crippen MR) is 70.6 cm³/mol. The molecule has 0 atom stereocenters. The Hall–Kier alpha value is -2.05. The predicted octanol–water partition coefficient (Wildman–Crippen LogP) is 4.40. The standard InChI is InChI=1S/C14H10ClFN2/c1-9-2-4-13(10(6-9)8-17)18-14-5-3-11(16)7-12(14)15/h2-7,18H,1H3. The molecule has 0 saturated carbocycles. The minimum absolute atomic E-state index is 0.277. The Labute approximate surface area is 110 Å². The van der Waals surface area contributed by atoms with Crippen LogP contribution in [0.5, 0.6) is 0 Å². The van der Waals surface area contributed by atoms with Crippen LogP contribution in [-0.2, 0) is 0 Å². The number of benzene rings is 2. The van der Waals surface area contributed by atoms with Gasteiger partial charge in [-0.2, -0.15) is 5.26 Å². The van der Waals surface area contributed by atoms with Crippen molar-refractivity contribution in [3.8, 4) is 6.07 Å². The van der Waals surface area contributed by atoms with Crippen molar-refractivity contribution in [3.05, 3.63) is 58.4 Å². The average Bonchev–Trinajstić information content (AvgIpc) is 2.34. The van der Waals surface area contributed by atoms with Gasteiger partial charge in [0.2, 0.25) is 0 Å². The summed E-state index contributed by atoms with van der Waals surface area (Å²) in [4.78, 5) is 0. The molecular weight excluding hydrogens is 251 g/mol. The lowest BCUT2D eigenvalue weighted by atomic mass is 10.1. The van der Waals surface area contributed by atoms with Crippen LogP contribution in [-0.4, -0.2) is 0 Å². The zero-order chi connectivity index (χ0) is 13.1. The number of hydrogen-bond acceptors (Lipinski definition) is 2. The van der Waals surface area contributed by atoms with Crippen molar-refractivity contribution in [1.82, 2.24) is 0 Å². The Balaban J connectivity index is 2.37. The zero-order valence-electron chi connectivity index (χ0n) is 9.67. The third-order valence-corrected chi connectivity index (χ3v) is 2.81. The lowest BCUT2D eigenvalue weighted by Crippen LogP contribution is -1.95. The Bertz CT molecular complexity index is 632. The van der Waals surface area contributed by atoms with Crippen molar-refractivity contribution >= 4 is 23.0 Å². The van der Waals surface area contributed by atoms with Gasteiger partial charge >= 0.3 is 0 Å². The summed E-state index contributed by atoms with van der Waals surface area (Å²) in [5.41, 5.74) is 2.74. The summed E-state index contributed by atoms with van der Waals surface area (Å²) in [6.07, 6.45) is 0. The summed E-state index contributed by atoms with van der Waals surface area (Å²) in [6.45, 7) is 1.91. The molecule has 2 aromatic carbocycles. The number of nitriles is 1. The van der Waals surface area contributed by atoms with Gasteiger partial charge < -0.3 is 5.32 Å². The summed E-state index contributed by atoms with van der Waals surface area (Å²) in [7, 11) is 0. The molecule has 0 heterocycles. The van der Waals surface area contributed by atoms with E-state index in [9.17, 15) is 4.39 Å². The van der Waals surface area contributed by atoms with Gasteiger partial charge in [0.05, 0.1) is 22.0 Å². The molecule has 2 nitrogen and oxygen atoms in total. The van der Waals surface area contributed by atoms with Crippen LogP contribution in [0.25, 0.3) is 0 Å². The van der Waals surface area contributed by atoms with E-state index in [-0.39, 0.29) is 5.02 Å². The summed E-state index contributed by atoms with van der Waals surface area (Å²) < 4.78 is 12.9. The smallest absolute Gasteiger partial charge is 0.124 e. The molecule has 0 radical (unpaired) electrons. The highest BCUT2D eigenvalue weighted by atomic mass is 35.5. The highest BCUT2D eigenvalue weighted by Gasteiger charge is 2.06. The maximum absolute atomic E-state index is 12.9. The quantitative estimate of drug-likeness (QED) is 0.869. The third-order valence-electron chi connectivity index (χ3n) is 2.50. The molecule has 0 unspecified atom stereocenters. The molecule has 18 heavy (non-hydrogen) atoms. The second kappa shape index (κ2) is 5.07.